The summed E-state index contributed by atoms with van der Waals surface area (Å²) in [6, 6.07) is 10.9. The van der Waals surface area contributed by atoms with Gasteiger partial charge in [0.2, 0.25) is 0 Å². The van der Waals surface area contributed by atoms with E-state index in [1.807, 2.05) is 63.2 Å². The predicted octanol–water partition coefficient (Wildman–Crippen LogP) is 9.00. The fraction of sp³-hybridized carbons (Fsp3) is 0.417. The molecule has 2 fully saturated rings. The first-order valence-electron chi connectivity index (χ1n) is 21.3. The summed E-state index contributed by atoms with van der Waals surface area (Å²) in [5.41, 5.74) is 3.52. The monoisotopic (exact) mass is 875 g/mol. The summed E-state index contributed by atoms with van der Waals surface area (Å²) in [5.74, 6) is 2.96. The number of nitrogens with one attached hydrogen (secondary N) is 1. The smallest absolute Gasteiger partial charge is 0.257 e. The van der Waals surface area contributed by atoms with E-state index < -0.39 is 0 Å². The normalized spacial score (nSPS) is 24.0. The van der Waals surface area contributed by atoms with Gasteiger partial charge in [0.1, 0.15) is 19.0 Å². The van der Waals surface area contributed by atoms with E-state index in [-0.39, 0.29) is 59.9 Å². The Morgan fingerprint density at radius 2 is 1.39 bits per heavy atom. The summed E-state index contributed by atoms with van der Waals surface area (Å²) in [7, 11) is 6.79. The number of benzene rings is 2. The van der Waals surface area contributed by atoms with Crippen LogP contribution in [0.1, 0.15) is 71.6 Å². The number of nitrogens with zero attached hydrogens (tertiary/aromatic N) is 4. The number of ether oxygens (including phenoxy) is 5. The molecule has 1 aromatic heterocycles. The molecule has 0 bridgehead atoms. The average molecular weight is 876 g/mol. The molecule has 6 atom stereocenters. The lowest BCUT2D eigenvalue weighted by Gasteiger charge is -2.28. The first kappa shape index (κ1) is 42.0. The molecule has 0 spiro atoms. The number of methoxy groups -OCH3 is 2. The van der Waals surface area contributed by atoms with Crippen molar-refractivity contribution in [3.05, 3.63) is 108 Å². The van der Waals surface area contributed by atoms with Crippen LogP contribution in [0.15, 0.2) is 90.0 Å². The third kappa shape index (κ3) is 8.43. The van der Waals surface area contributed by atoms with Gasteiger partial charge in [-0.05, 0) is 57.9 Å². The number of carbonyl (C=O) groups is 2. The summed E-state index contributed by atoms with van der Waals surface area (Å²) in [4.78, 5) is 41.8. The third-order valence-corrected chi connectivity index (χ3v) is 15.1. The molecule has 5 heterocycles. The first-order valence-corrected chi connectivity index (χ1v) is 23.9. The number of aliphatic imine (C=N–C) groups is 1. The van der Waals surface area contributed by atoms with Crippen molar-refractivity contribution in [1.82, 2.24) is 14.8 Å². The Morgan fingerprint density at radius 1 is 0.758 bits per heavy atom. The van der Waals surface area contributed by atoms with Crippen LogP contribution >= 0.6 is 21.6 Å². The second kappa shape index (κ2) is 17.8. The van der Waals surface area contributed by atoms with Gasteiger partial charge < -0.3 is 38.8 Å². The SMILES string of the molecule is COc1cc2c(cc1OCc1cc(OCCCC(C)(C)SSC)cc(COc3cc4c(cc3OC)C(=O)N3C5C=CC=CC5C[C@H]3CN4)n1)N=CC1CC3C=CC=CC3N1C2=O. The third-order valence-electron chi connectivity index (χ3n) is 12.5. The van der Waals surface area contributed by atoms with Gasteiger partial charge in [-0.25, -0.2) is 0 Å². The number of carbonyl (C=O) groups excluding carboxylic acids is 2. The average Bonchev–Trinajstić information content (AvgIpc) is 3.77. The van der Waals surface area contributed by atoms with Crippen LogP contribution in [0, 0.1) is 11.8 Å². The number of fused-ring (bicyclic) bond motifs is 8. The summed E-state index contributed by atoms with van der Waals surface area (Å²) in [6.07, 6.45) is 24.3. The van der Waals surface area contributed by atoms with Crippen molar-refractivity contribution in [2.24, 2.45) is 16.8 Å². The number of amides is 2. The molecule has 14 heteroatoms. The molecule has 5 unspecified atom stereocenters. The van der Waals surface area contributed by atoms with E-state index in [9.17, 15) is 9.59 Å². The van der Waals surface area contributed by atoms with Crippen LogP contribution in [-0.2, 0) is 13.2 Å². The van der Waals surface area contributed by atoms with Crippen LogP contribution in [0.3, 0.4) is 0 Å². The number of allylic oxidation sites excluding steroid dienone is 4. The minimum Gasteiger partial charge on any atom is -0.493 e. The van der Waals surface area contributed by atoms with Gasteiger partial charge in [0.15, 0.2) is 23.0 Å². The van der Waals surface area contributed by atoms with Crippen LogP contribution in [0.5, 0.6) is 28.7 Å². The summed E-state index contributed by atoms with van der Waals surface area (Å²) in [6.45, 7) is 5.86. The Hall–Kier alpha value is -5.34. The van der Waals surface area contributed by atoms with Gasteiger partial charge in [0.25, 0.3) is 11.8 Å². The Labute approximate surface area is 371 Å². The molecule has 4 aliphatic heterocycles. The molecule has 2 aliphatic carbocycles. The molecule has 324 valence electrons. The molecular weight excluding hydrogens is 823 g/mol. The Morgan fingerprint density at radius 3 is 2.08 bits per heavy atom. The van der Waals surface area contributed by atoms with Crippen molar-refractivity contribution < 1.29 is 33.3 Å². The van der Waals surface area contributed by atoms with Gasteiger partial charge in [-0.2, -0.15) is 0 Å². The minimum absolute atomic E-state index is 0.00623. The molecule has 2 saturated heterocycles. The molecule has 62 heavy (non-hydrogen) atoms. The first-order chi connectivity index (χ1) is 30.1. The summed E-state index contributed by atoms with van der Waals surface area (Å²) >= 11 is 0. The highest BCUT2D eigenvalue weighted by atomic mass is 33.1. The van der Waals surface area contributed by atoms with E-state index >= 15 is 0 Å². The van der Waals surface area contributed by atoms with Crippen LogP contribution in [-0.4, -0.2) is 95.4 Å². The van der Waals surface area contributed by atoms with E-state index in [4.69, 9.17) is 33.7 Å². The zero-order chi connectivity index (χ0) is 43.0. The second-order valence-electron chi connectivity index (χ2n) is 17.0. The van der Waals surface area contributed by atoms with Gasteiger partial charge in [-0.15, -0.1) is 0 Å². The molecule has 6 aliphatic rings. The molecule has 0 radical (unpaired) electrons. The zero-order valence-corrected chi connectivity index (χ0v) is 37.4. The van der Waals surface area contributed by atoms with E-state index in [0.717, 1.165) is 25.7 Å². The highest BCUT2D eigenvalue weighted by Crippen LogP contribution is 2.44. The Balaban J connectivity index is 0.944. The molecule has 1 N–H and O–H groups in total. The number of hydrogen-bond acceptors (Lipinski definition) is 12. The maximum Gasteiger partial charge on any atom is 0.257 e. The molecule has 12 nitrogen and oxygen atoms in total. The predicted molar refractivity (Wildman–Crippen MR) is 246 cm³/mol. The van der Waals surface area contributed by atoms with Crippen molar-refractivity contribution in [1.29, 1.82) is 0 Å². The number of hydrogen-bond donors (Lipinski definition) is 1. The number of pyridine rings is 1. The van der Waals surface area contributed by atoms with Crippen LogP contribution < -0.4 is 29.0 Å². The highest BCUT2D eigenvalue weighted by Gasteiger charge is 2.45. The van der Waals surface area contributed by atoms with Gasteiger partial charge >= 0.3 is 0 Å². The molecule has 2 amide bonds. The van der Waals surface area contributed by atoms with Crippen molar-refractivity contribution in [3.63, 3.8) is 0 Å². The van der Waals surface area contributed by atoms with Crippen LogP contribution in [0.25, 0.3) is 0 Å². The maximum atomic E-state index is 14.1. The lowest BCUT2D eigenvalue weighted by molar-refractivity contribution is 0.0704. The summed E-state index contributed by atoms with van der Waals surface area (Å²) < 4.78 is 30.9. The fourth-order valence-electron chi connectivity index (χ4n) is 9.54. The standard InChI is InChI=1S/C48H53N5O7S2/c1-48(2,62-61-5)15-10-16-58-35-19-31(27-59-44-23-38-36(21-42(44)56-3)46(54)52-33(25-49-38)17-29-11-6-8-13-40(29)52)51-32(20-35)28-60-45-24-39-37(22-43(45)57-4)47(55)53-34(26-50-39)18-30-12-7-9-14-41(30)53/h6-9,11-14,19-25,29-30,33-34,40-41,50H,10,15-18,26-28H2,1-5H3/t29?,30?,33?,34-,40?,41?/m0/s1. The lowest BCUT2D eigenvalue weighted by Crippen LogP contribution is -2.42. The van der Waals surface area contributed by atoms with E-state index in [1.54, 1.807) is 43.2 Å². The van der Waals surface area contributed by atoms with Gasteiger partial charge in [0.05, 0.1) is 78.9 Å². The van der Waals surface area contributed by atoms with Crippen LogP contribution in [0.2, 0.25) is 0 Å². The Bertz CT molecular complexity index is 2380. The zero-order valence-electron chi connectivity index (χ0n) is 35.7. The van der Waals surface area contributed by atoms with E-state index in [1.165, 1.54) is 0 Å². The molecule has 9 rings (SSSR count). The lowest BCUT2D eigenvalue weighted by atomic mass is 9.94. The minimum atomic E-state index is -0.0993. The van der Waals surface area contributed by atoms with Crippen molar-refractivity contribution in [2.75, 3.05) is 38.9 Å². The molecule has 2 aromatic carbocycles. The van der Waals surface area contributed by atoms with E-state index in [2.05, 4.69) is 55.8 Å². The fourth-order valence-corrected chi connectivity index (χ4v) is 11.8. The molecule has 3 aromatic rings. The van der Waals surface area contributed by atoms with Gasteiger partial charge in [-0.3, -0.25) is 19.6 Å². The van der Waals surface area contributed by atoms with E-state index in [0.29, 0.717) is 81.7 Å². The van der Waals surface area contributed by atoms with Crippen molar-refractivity contribution in [3.8, 4) is 28.7 Å². The maximum absolute atomic E-state index is 14.1. The quantitative estimate of drug-likeness (QED) is 0.116. The van der Waals surface area contributed by atoms with Crippen LogP contribution in [0.4, 0.5) is 11.4 Å². The Kier molecular flexibility index (Phi) is 12.1. The number of aromatic nitrogens is 1. The topological polar surface area (TPSA) is 124 Å². The largest absolute Gasteiger partial charge is 0.493 e. The number of rotatable bonds is 15. The van der Waals surface area contributed by atoms with Gasteiger partial charge in [0, 0.05) is 53.6 Å². The van der Waals surface area contributed by atoms with Crippen molar-refractivity contribution in [2.45, 2.75) is 81.7 Å². The van der Waals surface area contributed by atoms with Gasteiger partial charge in [-0.1, -0.05) is 70.2 Å². The highest BCUT2D eigenvalue weighted by molar-refractivity contribution is 8.76. The molecular formula is C48H53N5O7S2. The number of anilines is 1. The van der Waals surface area contributed by atoms with Crippen molar-refractivity contribution >= 4 is 51.0 Å². The molecule has 0 saturated carbocycles. The second-order valence-corrected chi connectivity index (χ2v) is 20.1. The summed E-state index contributed by atoms with van der Waals surface area (Å²) in [5, 5.41) is 3.53.